The van der Waals surface area contributed by atoms with Crippen molar-refractivity contribution in [2.45, 2.75) is 0 Å². The number of rotatable bonds is 6. The molecule has 11 aromatic rings. The molecular weight excluding hydrogens is 705 g/mol. The zero-order chi connectivity index (χ0) is 38.4. The van der Waals surface area contributed by atoms with Crippen LogP contribution in [0.25, 0.3) is 111 Å². The Morgan fingerprint density at radius 3 is 1.19 bits per heavy atom. The first-order chi connectivity index (χ1) is 28.7. The highest BCUT2D eigenvalue weighted by Gasteiger charge is 2.21. The lowest BCUT2D eigenvalue weighted by Gasteiger charge is -2.18. The molecule has 3 aromatic heterocycles. The van der Waals surface area contributed by atoms with Crippen LogP contribution in [0.2, 0.25) is 0 Å². The van der Waals surface area contributed by atoms with Crippen molar-refractivity contribution in [2.75, 3.05) is 0 Å². The molecule has 270 valence electrons. The summed E-state index contributed by atoms with van der Waals surface area (Å²) in [4.78, 5) is 21.2. The monoisotopic (exact) mass is 738 g/mol. The molecule has 0 aliphatic heterocycles. The van der Waals surface area contributed by atoms with E-state index in [4.69, 9.17) is 19.9 Å². The quantitative estimate of drug-likeness (QED) is 0.126. The highest BCUT2D eigenvalue weighted by atomic mass is 14.9. The van der Waals surface area contributed by atoms with Crippen LogP contribution in [0.1, 0.15) is 0 Å². The molecule has 11 rings (SSSR count). The van der Waals surface area contributed by atoms with E-state index in [0.717, 1.165) is 99.5 Å². The molecule has 0 fully saturated rings. The number of hydrogen-bond acceptors (Lipinski definition) is 4. The van der Waals surface area contributed by atoms with Crippen molar-refractivity contribution in [2.24, 2.45) is 0 Å². The SMILES string of the molecule is c1ccc(-c2ccc(-c3cc(-c4c5ccccc5c(-c5ccc6ccc7ccc(-c8ccccc8)nc7c6n5)c5ccccc45)nc(-c4ccccc4)n3)cc2)cc1. The maximum Gasteiger partial charge on any atom is 0.160 e. The van der Waals surface area contributed by atoms with E-state index in [9.17, 15) is 0 Å². The Labute approximate surface area is 335 Å². The Balaban J connectivity index is 1.13. The summed E-state index contributed by atoms with van der Waals surface area (Å²) in [6, 6.07) is 72.0. The van der Waals surface area contributed by atoms with Crippen LogP contribution in [0.4, 0.5) is 0 Å². The fraction of sp³-hybridized carbons (Fsp3) is 0. The molecule has 0 bridgehead atoms. The zero-order valence-electron chi connectivity index (χ0n) is 31.4. The summed E-state index contributed by atoms with van der Waals surface area (Å²) in [5.41, 5.74) is 12.9. The normalized spacial score (nSPS) is 11.4. The lowest BCUT2D eigenvalue weighted by Crippen LogP contribution is -1.98. The average molecular weight is 739 g/mol. The van der Waals surface area contributed by atoms with Crippen LogP contribution in [0.15, 0.2) is 206 Å². The Morgan fingerprint density at radius 1 is 0.241 bits per heavy atom. The minimum absolute atomic E-state index is 0.683. The standard InChI is InChI=1S/C54H34N4/c1-4-14-35(15-5-1)36-24-26-38(27-25-36)48-34-49(58-54(57-48)41-18-8-3-9-19-41)51-44-22-12-10-20-42(44)50(43-21-11-13-23-45(43)51)47-33-31-40-29-28-39-30-32-46(37-16-6-2-7-17-37)55-52(39)53(40)56-47/h1-34H. The molecule has 0 saturated carbocycles. The fourth-order valence-electron chi connectivity index (χ4n) is 8.26. The minimum atomic E-state index is 0.683. The summed E-state index contributed by atoms with van der Waals surface area (Å²) < 4.78 is 0. The van der Waals surface area contributed by atoms with Gasteiger partial charge < -0.3 is 0 Å². The number of fused-ring (bicyclic) bond motifs is 5. The van der Waals surface area contributed by atoms with Gasteiger partial charge >= 0.3 is 0 Å². The Bertz CT molecular complexity index is 3250. The van der Waals surface area contributed by atoms with Gasteiger partial charge in [0, 0.05) is 38.6 Å². The summed E-state index contributed by atoms with van der Waals surface area (Å²) in [5, 5.41) is 6.53. The van der Waals surface area contributed by atoms with Gasteiger partial charge in [0.05, 0.1) is 33.8 Å². The smallest absolute Gasteiger partial charge is 0.160 e. The number of benzene rings is 8. The molecule has 0 aliphatic rings. The molecule has 4 heteroatoms. The lowest BCUT2D eigenvalue weighted by atomic mass is 9.88. The van der Waals surface area contributed by atoms with Crippen LogP contribution < -0.4 is 0 Å². The highest BCUT2D eigenvalue weighted by molar-refractivity contribution is 6.21. The van der Waals surface area contributed by atoms with Gasteiger partial charge in [-0.2, -0.15) is 0 Å². The first-order valence-corrected chi connectivity index (χ1v) is 19.6. The first kappa shape index (κ1) is 33.5. The molecule has 58 heavy (non-hydrogen) atoms. The molecule has 3 heterocycles. The third-order valence-corrected chi connectivity index (χ3v) is 11.1. The van der Waals surface area contributed by atoms with Gasteiger partial charge in [0.2, 0.25) is 0 Å². The second-order valence-electron chi connectivity index (χ2n) is 14.6. The van der Waals surface area contributed by atoms with Crippen LogP contribution in [0, 0.1) is 0 Å². The molecule has 0 aliphatic carbocycles. The molecule has 0 saturated heterocycles. The van der Waals surface area contributed by atoms with Gasteiger partial charge in [-0.3, -0.25) is 0 Å². The minimum Gasteiger partial charge on any atom is -0.245 e. The summed E-state index contributed by atoms with van der Waals surface area (Å²) in [6.45, 7) is 0. The molecule has 8 aromatic carbocycles. The largest absolute Gasteiger partial charge is 0.245 e. The van der Waals surface area contributed by atoms with Crippen LogP contribution in [-0.4, -0.2) is 19.9 Å². The fourth-order valence-corrected chi connectivity index (χ4v) is 8.26. The van der Waals surface area contributed by atoms with Crippen LogP contribution in [0.3, 0.4) is 0 Å². The van der Waals surface area contributed by atoms with E-state index in [1.807, 2.05) is 30.3 Å². The lowest BCUT2D eigenvalue weighted by molar-refractivity contribution is 1.19. The molecular formula is C54H34N4. The third-order valence-electron chi connectivity index (χ3n) is 11.1. The molecule has 0 unspecified atom stereocenters. The van der Waals surface area contributed by atoms with E-state index in [0.29, 0.717) is 5.82 Å². The molecule has 0 radical (unpaired) electrons. The second kappa shape index (κ2) is 14.0. The van der Waals surface area contributed by atoms with Crippen LogP contribution in [-0.2, 0) is 0 Å². The predicted octanol–water partition coefficient (Wildman–Crippen LogP) is 13.9. The topological polar surface area (TPSA) is 51.6 Å². The van der Waals surface area contributed by atoms with Gasteiger partial charge in [-0.25, -0.2) is 19.9 Å². The van der Waals surface area contributed by atoms with E-state index in [2.05, 4.69) is 176 Å². The van der Waals surface area contributed by atoms with Crippen molar-refractivity contribution in [1.82, 2.24) is 19.9 Å². The zero-order valence-corrected chi connectivity index (χ0v) is 31.4. The molecule has 0 spiro atoms. The summed E-state index contributed by atoms with van der Waals surface area (Å²) in [5.74, 6) is 0.683. The van der Waals surface area contributed by atoms with E-state index in [-0.39, 0.29) is 0 Å². The Kier molecular flexibility index (Phi) is 8.11. The summed E-state index contributed by atoms with van der Waals surface area (Å²) >= 11 is 0. The van der Waals surface area contributed by atoms with Gasteiger partial charge in [0.1, 0.15) is 0 Å². The van der Waals surface area contributed by atoms with Crippen molar-refractivity contribution in [3.05, 3.63) is 206 Å². The Hall–Kier alpha value is -7.82. The predicted molar refractivity (Wildman–Crippen MR) is 240 cm³/mol. The highest BCUT2D eigenvalue weighted by Crippen LogP contribution is 2.44. The van der Waals surface area contributed by atoms with Gasteiger partial charge in [-0.1, -0.05) is 188 Å². The summed E-state index contributed by atoms with van der Waals surface area (Å²) in [6.07, 6.45) is 0. The summed E-state index contributed by atoms with van der Waals surface area (Å²) in [7, 11) is 0. The van der Waals surface area contributed by atoms with Crippen molar-refractivity contribution in [1.29, 1.82) is 0 Å². The molecule has 0 atom stereocenters. The van der Waals surface area contributed by atoms with Crippen molar-refractivity contribution >= 4 is 43.4 Å². The average Bonchev–Trinajstić information content (AvgIpc) is 3.31. The first-order valence-electron chi connectivity index (χ1n) is 19.6. The van der Waals surface area contributed by atoms with E-state index < -0.39 is 0 Å². The van der Waals surface area contributed by atoms with Gasteiger partial charge in [-0.05, 0) is 50.9 Å². The number of pyridine rings is 2. The van der Waals surface area contributed by atoms with Crippen LogP contribution in [0.5, 0.6) is 0 Å². The third kappa shape index (κ3) is 5.87. The molecule has 0 amide bonds. The maximum absolute atomic E-state index is 5.46. The van der Waals surface area contributed by atoms with E-state index >= 15 is 0 Å². The van der Waals surface area contributed by atoms with Crippen LogP contribution >= 0.6 is 0 Å². The van der Waals surface area contributed by atoms with Crippen molar-refractivity contribution in [3.8, 4) is 67.5 Å². The van der Waals surface area contributed by atoms with Crippen molar-refractivity contribution < 1.29 is 0 Å². The van der Waals surface area contributed by atoms with Crippen molar-refractivity contribution in [3.63, 3.8) is 0 Å². The molecule has 4 nitrogen and oxygen atoms in total. The number of aromatic nitrogens is 4. The molecule has 0 N–H and O–H groups in total. The van der Waals surface area contributed by atoms with Gasteiger partial charge in [0.15, 0.2) is 5.82 Å². The Morgan fingerprint density at radius 2 is 0.621 bits per heavy atom. The van der Waals surface area contributed by atoms with E-state index in [1.54, 1.807) is 0 Å². The number of nitrogens with zero attached hydrogens (tertiary/aromatic N) is 4. The maximum atomic E-state index is 5.46. The van der Waals surface area contributed by atoms with E-state index in [1.165, 1.54) is 5.56 Å². The second-order valence-corrected chi connectivity index (χ2v) is 14.6. The number of hydrogen-bond donors (Lipinski definition) is 0. The van der Waals surface area contributed by atoms with Gasteiger partial charge in [-0.15, -0.1) is 0 Å². The van der Waals surface area contributed by atoms with Gasteiger partial charge in [0.25, 0.3) is 0 Å².